The molecule has 2 unspecified atom stereocenters. The third-order valence-corrected chi connectivity index (χ3v) is 1.49. The van der Waals surface area contributed by atoms with Crippen LogP contribution >= 0.6 is 0 Å². The Balaban J connectivity index is -0.0000000875. The van der Waals surface area contributed by atoms with E-state index in [1.165, 1.54) is 0 Å². The average molecular weight is 518 g/mol. The van der Waals surface area contributed by atoms with E-state index in [1.807, 2.05) is 0 Å². The minimum atomic E-state index is -1.92. The first-order valence-corrected chi connectivity index (χ1v) is 10.6. The smallest absolute Gasteiger partial charge is 0.852 e. The van der Waals surface area contributed by atoms with E-state index in [9.17, 15) is 40.2 Å². The zero-order valence-corrected chi connectivity index (χ0v) is 23.8. The topological polar surface area (TPSA) is 185 Å². The Morgan fingerprint density at radius 2 is 0.636 bits per heavy atom. The summed E-state index contributed by atoms with van der Waals surface area (Å²) >= 11 is 0. The number of aliphatic hydroxyl groups excluding tert-OH is 2. The van der Waals surface area contributed by atoms with Gasteiger partial charge >= 0.3 is 33.7 Å². The van der Waals surface area contributed by atoms with Crippen LogP contribution in [0.2, 0.25) is 0 Å². The van der Waals surface area contributed by atoms with Crippen LogP contribution in [0, 0.1) is 0 Å². The summed E-state index contributed by atoms with van der Waals surface area (Å²) in [6.07, 6.45) is -6.38. The summed E-state index contributed by atoms with van der Waals surface area (Å²) in [4.78, 5) is 22.3. The van der Waals surface area contributed by atoms with Crippen LogP contribution in [0.25, 0.3) is 0 Å². The first-order valence-electron chi connectivity index (χ1n) is 10.6. The van der Waals surface area contributed by atoms with E-state index in [0.717, 1.165) is 0 Å². The minimum Gasteiger partial charge on any atom is -0.852 e. The maximum atomic E-state index is 11.1. The van der Waals surface area contributed by atoms with Crippen LogP contribution in [0.5, 0.6) is 0 Å². The molecule has 0 bridgehead atoms. The van der Waals surface area contributed by atoms with Crippen molar-refractivity contribution in [3.05, 3.63) is 0 Å². The number of aliphatic hydroxyl groups is 2. The van der Waals surface area contributed by atoms with E-state index in [2.05, 4.69) is 9.47 Å². The molecule has 11 heteroatoms. The molecule has 33 heavy (non-hydrogen) atoms. The van der Waals surface area contributed by atoms with Crippen molar-refractivity contribution in [1.82, 2.24) is 0 Å². The molecule has 0 saturated carbocycles. The third-order valence-electron chi connectivity index (χ3n) is 1.49. The fraction of sp³-hybridized carbons (Fsp3) is 0.909. The summed E-state index contributed by atoms with van der Waals surface area (Å²) in [7, 11) is 0. The molecule has 198 valence electrons. The van der Waals surface area contributed by atoms with E-state index in [1.54, 1.807) is 83.1 Å². The molecule has 0 aromatic carbocycles. The Morgan fingerprint density at radius 3 is 0.727 bits per heavy atom. The molecule has 0 aliphatic rings. The maximum absolute atomic E-state index is 11.1. The molecule has 0 aromatic heterocycles. The number of hydrogen-bond donors (Lipinski definition) is 2. The van der Waals surface area contributed by atoms with Crippen LogP contribution in [0.4, 0.5) is 0 Å². The van der Waals surface area contributed by atoms with E-state index in [4.69, 9.17) is 0 Å². The van der Waals surface area contributed by atoms with Gasteiger partial charge in [0, 0.05) is 0 Å². The van der Waals surface area contributed by atoms with Gasteiger partial charge in [0.2, 0.25) is 0 Å². The monoisotopic (exact) mass is 518 g/mol. The third kappa shape index (κ3) is 72.1. The predicted molar refractivity (Wildman–Crippen MR) is 115 cm³/mol. The molecule has 0 spiro atoms. The van der Waals surface area contributed by atoms with Gasteiger partial charge in [0.05, 0.1) is 12.2 Å². The molecule has 0 aliphatic carbocycles. The summed E-state index contributed by atoms with van der Waals surface area (Å²) in [5.41, 5.74) is 0. The zero-order chi connectivity index (χ0) is 27.2. The molecule has 10 nitrogen and oxygen atoms in total. The summed E-state index contributed by atoms with van der Waals surface area (Å²) in [5.74, 6) is -2.11. The second-order valence-corrected chi connectivity index (χ2v) is 8.06. The molecule has 2 N–H and O–H groups in total. The van der Waals surface area contributed by atoms with Crippen LogP contribution in [0.3, 0.4) is 0 Å². The first kappa shape index (κ1) is 45.8. The van der Waals surface area contributed by atoms with Gasteiger partial charge in [-0.1, -0.05) is 55.4 Å². The molecule has 0 aliphatic heterocycles. The summed E-state index contributed by atoms with van der Waals surface area (Å²) in [6, 6.07) is 0. The van der Waals surface area contributed by atoms with Crippen LogP contribution in [-0.4, -0.2) is 71.0 Å². The van der Waals surface area contributed by atoms with Crippen LogP contribution in [0.1, 0.15) is 83.1 Å². The molecule has 0 saturated heterocycles. The fourth-order valence-electron chi connectivity index (χ4n) is 0.862. The second-order valence-electron chi connectivity index (χ2n) is 8.06. The van der Waals surface area contributed by atoms with E-state index < -0.39 is 60.8 Å². The maximum Gasteiger partial charge on any atom is 4.00 e. The van der Waals surface area contributed by atoms with Gasteiger partial charge in [-0.3, -0.25) is 0 Å². The van der Waals surface area contributed by atoms with Gasteiger partial charge in [0.15, 0.2) is 12.2 Å². The van der Waals surface area contributed by atoms with Gasteiger partial charge in [-0.05, 0) is 27.7 Å². The molecule has 0 heterocycles. The Labute approximate surface area is 215 Å². The molecule has 0 rings (SSSR count). The van der Waals surface area contributed by atoms with E-state index in [-0.39, 0.29) is 21.7 Å². The van der Waals surface area contributed by atoms with Crippen LogP contribution in [-0.2, 0) is 40.8 Å². The molecule has 2 atom stereocenters. The Hall–Kier alpha value is -0.586. The fourth-order valence-corrected chi connectivity index (χ4v) is 0.862. The Kier molecular flexibility index (Phi) is 40.9. The molecular formula is C22H46O10Ti. The van der Waals surface area contributed by atoms with Crippen molar-refractivity contribution >= 4 is 11.9 Å². The van der Waals surface area contributed by atoms with Crippen molar-refractivity contribution < 1.29 is 71.4 Å². The van der Waals surface area contributed by atoms with Gasteiger partial charge in [-0.25, -0.2) is 9.59 Å². The number of ether oxygens (including phenoxy) is 2. The SMILES string of the molecule is CC(C)OC(=O)C(O)C(O)C(=O)OC(C)C.CC(C)[O-].CC(C)[O-].CC(C)[O-].CC(C)[O-].[Ti+4]. The minimum absolute atomic E-state index is 0. The van der Waals surface area contributed by atoms with E-state index in [0.29, 0.717) is 0 Å². The average Bonchev–Trinajstić information content (AvgIpc) is 2.49. The van der Waals surface area contributed by atoms with Crippen molar-refractivity contribution in [2.45, 2.75) is 132 Å². The Morgan fingerprint density at radius 1 is 0.515 bits per heavy atom. The first-order chi connectivity index (χ1) is 14.2. The van der Waals surface area contributed by atoms with Gasteiger partial charge in [0.25, 0.3) is 0 Å². The van der Waals surface area contributed by atoms with Crippen molar-refractivity contribution in [3.8, 4) is 0 Å². The standard InChI is InChI=1S/C10H18O6.4C3H7O.Ti/c1-5(2)15-9(13)7(11)8(12)10(14)16-6(3)4;4*1-3(2)4;/h5-8,11-12H,1-4H3;4*3H,1-2H3;/q;4*-1;+4. The zero-order valence-electron chi connectivity index (χ0n) is 22.3. The number of hydrogen-bond acceptors (Lipinski definition) is 10. The second kappa shape index (κ2) is 29.4. The molecule has 0 aromatic rings. The number of carbonyl (C=O) groups is 2. The Bertz CT molecular complexity index is 353. The van der Waals surface area contributed by atoms with Crippen molar-refractivity contribution in [1.29, 1.82) is 0 Å². The normalized spacial score (nSPS) is 11.5. The van der Waals surface area contributed by atoms with Crippen molar-refractivity contribution in [2.75, 3.05) is 0 Å². The number of rotatable bonds is 5. The number of carbonyl (C=O) groups excluding carboxylic acids is 2. The van der Waals surface area contributed by atoms with Gasteiger partial charge in [-0.2, -0.15) is 0 Å². The largest absolute Gasteiger partial charge is 4.00 e. The van der Waals surface area contributed by atoms with E-state index >= 15 is 0 Å². The van der Waals surface area contributed by atoms with Gasteiger partial charge < -0.3 is 40.1 Å². The summed E-state index contributed by atoms with van der Waals surface area (Å²) < 4.78 is 9.26. The van der Waals surface area contributed by atoms with Gasteiger partial charge in [0.1, 0.15) is 0 Å². The summed E-state index contributed by atoms with van der Waals surface area (Å²) in [5, 5.41) is 56.7. The van der Waals surface area contributed by atoms with Crippen molar-refractivity contribution in [2.24, 2.45) is 0 Å². The molecule has 0 radical (unpaired) electrons. The summed E-state index contributed by atoms with van der Waals surface area (Å²) in [6.45, 7) is 19.2. The van der Waals surface area contributed by atoms with Gasteiger partial charge in [-0.15, -0.1) is 24.4 Å². The van der Waals surface area contributed by atoms with Crippen LogP contribution < -0.4 is 20.4 Å². The molecule has 0 amide bonds. The predicted octanol–water partition coefficient (Wildman–Crippen LogP) is -1.37. The molecule has 0 fully saturated rings. The quantitative estimate of drug-likeness (QED) is 0.325. The van der Waals surface area contributed by atoms with Crippen molar-refractivity contribution in [3.63, 3.8) is 0 Å². The number of esters is 2. The molecular weight excluding hydrogens is 472 g/mol. The van der Waals surface area contributed by atoms with Crippen LogP contribution in [0.15, 0.2) is 0 Å².